The van der Waals surface area contributed by atoms with Crippen molar-refractivity contribution in [3.8, 4) is 0 Å². The van der Waals surface area contributed by atoms with Crippen molar-refractivity contribution in [1.82, 2.24) is 10.6 Å². The van der Waals surface area contributed by atoms with E-state index >= 15 is 0 Å². The molecule has 0 radical (unpaired) electrons. The number of hydrogen-bond donors (Lipinski definition) is 3. The van der Waals surface area contributed by atoms with Gasteiger partial charge in [-0.1, -0.05) is 55.2 Å². The number of benzene rings is 1. The molecular formula is C22H30N3O2S+. The molecule has 1 aliphatic rings. The first-order valence-electron chi connectivity index (χ1n) is 10.1. The van der Waals surface area contributed by atoms with Gasteiger partial charge in [0.15, 0.2) is 6.04 Å². The van der Waals surface area contributed by atoms with Crippen molar-refractivity contribution in [1.29, 1.82) is 0 Å². The van der Waals surface area contributed by atoms with Gasteiger partial charge in [0.1, 0.15) is 6.04 Å². The zero-order valence-corrected chi connectivity index (χ0v) is 17.4. The van der Waals surface area contributed by atoms with Gasteiger partial charge in [-0.15, -0.1) is 11.3 Å². The number of carbonyl (C=O) groups is 2. The molecule has 1 heterocycles. The molecule has 6 heteroatoms. The van der Waals surface area contributed by atoms with E-state index in [1.54, 1.807) is 11.3 Å². The fourth-order valence-electron chi connectivity index (χ4n) is 3.68. The fourth-order valence-corrected chi connectivity index (χ4v) is 4.52. The molecule has 2 atom stereocenters. The topological polar surface area (TPSA) is 74.8 Å². The second-order valence-electron chi connectivity index (χ2n) is 7.68. The maximum absolute atomic E-state index is 12.6. The van der Waals surface area contributed by atoms with Crippen LogP contribution >= 0.6 is 11.3 Å². The maximum atomic E-state index is 12.6. The summed E-state index contributed by atoms with van der Waals surface area (Å²) >= 11 is 1.68. The van der Waals surface area contributed by atoms with Gasteiger partial charge in [-0.3, -0.25) is 10.1 Å². The Kier molecular flexibility index (Phi) is 7.23. The summed E-state index contributed by atoms with van der Waals surface area (Å²) in [6.45, 7) is 3.91. The standard InChI is InChI=1S/C22H29N3O2S/c1-15-10-12-17(13-11-15)20(19-9-6-14-28-19)23-16(2)21(26)25-22(27)24-18-7-4-3-5-8-18/h6,9-14,16,18,20,23H,3-5,7-8H2,1-2H3,(H2,24,25,26,27)/p+1/t16-,20+/m1/s1. The normalized spacial score (nSPS) is 16.9. The Morgan fingerprint density at radius 3 is 2.46 bits per heavy atom. The smallest absolute Gasteiger partial charge is 0.321 e. The highest BCUT2D eigenvalue weighted by Gasteiger charge is 2.27. The van der Waals surface area contributed by atoms with Crippen LogP contribution in [0.25, 0.3) is 0 Å². The SMILES string of the molecule is Cc1ccc([C@H]([NH2+][C@H](C)C(=O)NC(=O)NC2CCCCC2)c2cccs2)cc1. The van der Waals surface area contributed by atoms with E-state index < -0.39 is 0 Å². The van der Waals surface area contributed by atoms with Gasteiger partial charge in [-0.25, -0.2) is 4.79 Å². The number of nitrogens with one attached hydrogen (secondary N) is 2. The van der Waals surface area contributed by atoms with E-state index in [0.717, 1.165) is 31.2 Å². The highest BCUT2D eigenvalue weighted by Crippen LogP contribution is 2.23. The number of urea groups is 1. The zero-order valence-electron chi connectivity index (χ0n) is 16.6. The van der Waals surface area contributed by atoms with E-state index in [9.17, 15) is 9.59 Å². The van der Waals surface area contributed by atoms with Crippen LogP contribution in [-0.4, -0.2) is 24.0 Å². The molecule has 0 spiro atoms. The number of aryl methyl sites for hydroxylation is 1. The second kappa shape index (κ2) is 9.85. The average molecular weight is 401 g/mol. The lowest BCUT2D eigenvalue weighted by Gasteiger charge is -2.23. The second-order valence-corrected chi connectivity index (χ2v) is 8.66. The number of thiophene rings is 1. The van der Waals surface area contributed by atoms with E-state index in [1.165, 1.54) is 16.9 Å². The predicted molar refractivity (Wildman–Crippen MR) is 112 cm³/mol. The molecule has 3 rings (SSSR count). The molecule has 0 bridgehead atoms. The van der Waals surface area contributed by atoms with Crippen molar-refractivity contribution in [2.24, 2.45) is 0 Å². The van der Waals surface area contributed by atoms with Crippen molar-refractivity contribution in [2.75, 3.05) is 0 Å². The third-order valence-corrected chi connectivity index (χ3v) is 6.31. The molecule has 0 aliphatic heterocycles. The summed E-state index contributed by atoms with van der Waals surface area (Å²) < 4.78 is 0. The lowest BCUT2D eigenvalue weighted by molar-refractivity contribution is -0.704. The Balaban J connectivity index is 1.61. The van der Waals surface area contributed by atoms with Crippen LogP contribution < -0.4 is 16.0 Å². The third kappa shape index (κ3) is 5.66. The molecule has 1 aromatic heterocycles. The summed E-state index contributed by atoms with van der Waals surface area (Å²) in [5, 5.41) is 9.54. The van der Waals surface area contributed by atoms with E-state index in [-0.39, 0.29) is 30.1 Å². The number of carbonyl (C=O) groups excluding carboxylic acids is 2. The largest absolute Gasteiger partial charge is 0.335 e. The molecule has 2 aromatic rings. The molecule has 150 valence electrons. The molecular weight excluding hydrogens is 370 g/mol. The Bertz CT molecular complexity index is 768. The van der Waals surface area contributed by atoms with Gasteiger partial charge >= 0.3 is 6.03 Å². The highest BCUT2D eigenvalue weighted by molar-refractivity contribution is 7.10. The van der Waals surface area contributed by atoms with E-state index in [0.29, 0.717) is 0 Å². The Morgan fingerprint density at radius 1 is 1.11 bits per heavy atom. The molecule has 0 saturated heterocycles. The lowest BCUT2D eigenvalue weighted by atomic mass is 9.96. The molecule has 1 saturated carbocycles. The van der Waals surface area contributed by atoms with Gasteiger partial charge in [0, 0.05) is 11.6 Å². The molecule has 4 N–H and O–H groups in total. The van der Waals surface area contributed by atoms with Crippen molar-refractivity contribution in [3.63, 3.8) is 0 Å². The summed E-state index contributed by atoms with van der Waals surface area (Å²) in [5.41, 5.74) is 2.36. The van der Waals surface area contributed by atoms with Crippen LogP contribution in [0.3, 0.4) is 0 Å². The number of imide groups is 1. The van der Waals surface area contributed by atoms with E-state index in [2.05, 4.69) is 47.9 Å². The van der Waals surface area contributed by atoms with Crippen molar-refractivity contribution in [2.45, 2.75) is 64.1 Å². The van der Waals surface area contributed by atoms with Crippen LogP contribution in [0.5, 0.6) is 0 Å². The Morgan fingerprint density at radius 2 is 1.82 bits per heavy atom. The van der Waals surface area contributed by atoms with Gasteiger partial charge in [-0.2, -0.15) is 0 Å². The molecule has 1 aliphatic carbocycles. The number of nitrogens with two attached hydrogens (primary N) is 1. The third-order valence-electron chi connectivity index (χ3n) is 5.36. The van der Waals surface area contributed by atoms with Gasteiger partial charge in [0.25, 0.3) is 5.91 Å². The molecule has 0 unspecified atom stereocenters. The van der Waals surface area contributed by atoms with Crippen molar-refractivity contribution < 1.29 is 14.9 Å². The van der Waals surface area contributed by atoms with E-state index in [1.807, 2.05) is 23.7 Å². The monoisotopic (exact) mass is 400 g/mol. The predicted octanol–water partition coefficient (Wildman–Crippen LogP) is 3.26. The van der Waals surface area contributed by atoms with Gasteiger partial charge in [0.2, 0.25) is 0 Å². The van der Waals surface area contributed by atoms with Crippen LogP contribution in [0.1, 0.15) is 61.1 Å². The minimum absolute atomic E-state index is 0.0303. The lowest BCUT2D eigenvalue weighted by Crippen LogP contribution is -2.92. The summed E-state index contributed by atoms with van der Waals surface area (Å²) in [6.07, 6.45) is 5.51. The first kappa shape index (κ1) is 20.6. The summed E-state index contributed by atoms with van der Waals surface area (Å²) in [4.78, 5) is 26.0. The van der Waals surface area contributed by atoms with Crippen LogP contribution in [0, 0.1) is 6.92 Å². The van der Waals surface area contributed by atoms with Crippen LogP contribution in [0.15, 0.2) is 41.8 Å². The molecule has 28 heavy (non-hydrogen) atoms. The molecule has 5 nitrogen and oxygen atoms in total. The summed E-state index contributed by atoms with van der Waals surface area (Å²) in [5.74, 6) is -0.262. The van der Waals surface area contributed by atoms with Gasteiger partial charge in [-0.05, 0) is 38.1 Å². The minimum atomic E-state index is -0.384. The van der Waals surface area contributed by atoms with Gasteiger partial charge < -0.3 is 10.6 Å². The number of hydrogen-bond acceptors (Lipinski definition) is 3. The number of quaternary nitrogens is 1. The first-order valence-corrected chi connectivity index (χ1v) is 11.0. The van der Waals surface area contributed by atoms with E-state index in [4.69, 9.17) is 0 Å². The van der Waals surface area contributed by atoms with Crippen LogP contribution in [0.4, 0.5) is 4.79 Å². The fraction of sp³-hybridized carbons (Fsp3) is 0.455. The molecule has 1 aromatic carbocycles. The average Bonchev–Trinajstić information content (AvgIpc) is 3.22. The highest BCUT2D eigenvalue weighted by atomic mass is 32.1. The minimum Gasteiger partial charge on any atom is -0.335 e. The molecule has 1 fully saturated rings. The number of rotatable bonds is 6. The maximum Gasteiger partial charge on any atom is 0.321 e. The van der Waals surface area contributed by atoms with Crippen LogP contribution in [-0.2, 0) is 4.79 Å². The Labute approximate surface area is 170 Å². The zero-order chi connectivity index (χ0) is 19.9. The van der Waals surface area contributed by atoms with Crippen molar-refractivity contribution >= 4 is 23.3 Å². The van der Waals surface area contributed by atoms with Gasteiger partial charge in [0.05, 0.1) is 4.88 Å². The van der Waals surface area contributed by atoms with Crippen LogP contribution in [0.2, 0.25) is 0 Å². The van der Waals surface area contributed by atoms with Crippen molar-refractivity contribution in [3.05, 3.63) is 57.8 Å². The molecule has 3 amide bonds. The first-order chi connectivity index (χ1) is 13.5. The summed E-state index contributed by atoms with van der Waals surface area (Å²) in [6, 6.07) is 12.0. The quantitative estimate of drug-likeness (QED) is 0.696. The Hall–Kier alpha value is -2.18. The summed E-state index contributed by atoms with van der Waals surface area (Å²) in [7, 11) is 0. The number of amides is 3.